The van der Waals surface area contributed by atoms with E-state index in [4.69, 9.17) is 11.6 Å². The van der Waals surface area contributed by atoms with Crippen LogP contribution < -0.4 is 10.9 Å². The Kier molecular flexibility index (Phi) is 4.67. The van der Waals surface area contributed by atoms with E-state index in [0.717, 1.165) is 16.5 Å². The fraction of sp³-hybridized carbons (Fsp3) is 0.0455. The number of fused-ring (bicyclic) bond motifs is 1. The molecule has 0 spiro atoms. The van der Waals surface area contributed by atoms with E-state index in [2.05, 4.69) is 15.3 Å². The molecule has 0 fully saturated rings. The number of pyridine rings is 2. The number of anilines is 1. The second-order valence-electron chi connectivity index (χ2n) is 6.39. The minimum absolute atomic E-state index is 0.0180. The number of carbonyl (C=O) groups is 1. The number of aryl methyl sites for hydroxylation is 1. The van der Waals surface area contributed by atoms with Crippen LogP contribution in [0.3, 0.4) is 0 Å². The van der Waals surface area contributed by atoms with Crippen LogP contribution in [-0.2, 0) is 0 Å². The molecule has 0 atom stereocenters. The number of carbonyl (C=O) groups excluding carboxylic acids is 1. The number of amides is 1. The number of H-pyrrole nitrogens is 1. The first-order valence-corrected chi connectivity index (χ1v) is 9.07. The van der Waals surface area contributed by atoms with Crippen LogP contribution in [0.5, 0.6) is 0 Å². The van der Waals surface area contributed by atoms with E-state index in [1.807, 2.05) is 49.4 Å². The first kappa shape index (κ1) is 17.9. The molecular formula is C22H16ClN3O2. The molecule has 2 N–H and O–H groups in total. The molecule has 5 nitrogen and oxygen atoms in total. The number of halogens is 1. The zero-order valence-electron chi connectivity index (χ0n) is 15.0. The molecule has 138 valence electrons. The van der Waals surface area contributed by atoms with Crippen LogP contribution in [0.2, 0.25) is 5.02 Å². The monoisotopic (exact) mass is 389 g/mol. The van der Waals surface area contributed by atoms with Gasteiger partial charge in [-0.05, 0) is 48.4 Å². The predicted molar refractivity (Wildman–Crippen MR) is 112 cm³/mol. The molecule has 0 aliphatic carbocycles. The van der Waals surface area contributed by atoms with Gasteiger partial charge in [0.25, 0.3) is 11.5 Å². The Bertz CT molecular complexity index is 1250. The molecule has 0 aliphatic heterocycles. The van der Waals surface area contributed by atoms with Gasteiger partial charge >= 0.3 is 0 Å². The van der Waals surface area contributed by atoms with Crippen molar-refractivity contribution in [3.63, 3.8) is 0 Å². The Balaban J connectivity index is 1.63. The Morgan fingerprint density at radius 1 is 1.00 bits per heavy atom. The van der Waals surface area contributed by atoms with Crippen molar-refractivity contribution in [3.8, 4) is 11.3 Å². The van der Waals surface area contributed by atoms with Crippen LogP contribution in [-0.4, -0.2) is 15.9 Å². The molecule has 0 aliphatic rings. The van der Waals surface area contributed by atoms with Gasteiger partial charge in [0.2, 0.25) is 0 Å². The second-order valence-corrected chi connectivity index (χ2v) is 6.80. The van der Waals surface area contributed by atoms with Gasteiger partial charge in [-0.1, -0.05) is 48.0 Å². The first-order chi connectivity index (χ1) is 13.5. The van der Waals surface area contributed by atoms with E-state index in [9.17, 15) is 9.59 Å². The third-order valence-electron chi connectivity index (χ3n) is 4.49. The van der Waals surface area contributed by atoms with Gasteiger partial charge in [0.1, 0.15) is 11.4 Å². The Morgan fingerprint density at radius 2 is 1.79 bits per heavy atom. The van der Waals surface area contributed by atoms with Gasteiger partial charge in [0, 0.05) is 16.1 Å². The number of hydrogen-bond donors (Lipinski definition) is 2. The smallest absolute Gasteiger partial charge is 0.262 e. The van der Waals surface area contributed by atoms with Crippen LogP contribution >= 0.6 is 11.6 Å². The lowest BCUT2D eigenvalue weighted by atomic mass is 10.1. The summed E-state index contributed by atoms with van der Waals surface area (Å²) in [6.45, 7) is 1.92. The van der Waals surface area contributed by atoms with Crippen molar-refractivity contribution in [1.82, 2.24) is 9.97 Å². The molecule has 4 rings (SSSR count). The third-order valence-corrected chi connectivity index (χ3v) is 4.82. The highest BCUT2D eigenvalue weighted by atomic mass is 35.5. The predicted octanol–water partition coefficient (Wildman–Crippen LogP) is 4.80. The standard InChI is InChI=1S/C22H16ClN3O2/c1-13-7-10-17(23)15-9-12-19(25-20(13)15)26-22(28)16-8-11-18(24-21(16)27)14-5-3-2-4-6-14/h2-12H,1H3,(H,24,27)(H,25,26,28). The SMILES string of the molecule is Cc1ccc(Cl)c2ccc(NC(=O)c3ccc(-c4ccccc4)[nH]c3=O)nc12. The molecule has 0 bridgehead atoms. The fourth-order valence-electron chi connectivity index (χ4n) is 3.01. The summed E-state index contributed by atoms with van der Waals surface area (Å²) in [7, 11) is 0. The molecule has 2 heterocycles. The van der Waals surface area contributed by atoms with Crippen molar-refractivity contribution in [2.75, 3.05) is 5.32 Å². The third kappa shape index (κ3) is 3.40. The van der Waals surface area contributed by atoms with Gasteiger partial charge < -0.3 is 10.3 Å². The van der Waals surface area contributed by atoms with Crippen molar-refractivity contribution in [3.05, 3.63) is 93.2 Å². The molecule has 4 aromatic rings. The highest BCUT2D eigenvalue weighted by Crippen LogP contribution is 2.26. The van der Waals surface area contributed by atoms with Gasteiger partial charge in [-0.3, -0.25) is 9.59 Å². The molecule has 28 heavy (non-hydrogen) atoms. The average Bonchev–Trinajstić information content (AvgIpc) is 2.71. The van der Waals surface area contributed by atoms with Gasteiger partial charge in [0.05, 0.1) is 5.52 Å². The second kappa shape index (κ2) is 7.29. The number of aromatic nitrogens is 2. The number of rotatable bonds is 3. The number of hydrogen-bond acceptors (Lipinski definition) is 3. The van der Waals surface area contributed by atoms with Crippen molar-refractivity contribution in [2.45, 2.75) is 6.92 Å². The van der Waals surface area contributed by atoms with E-state index in [1.165, 1.54) is 6.07 Å². The van der Waals surface area contributed by atoms with Crippen LogP contribution in [0, 0.1) is 6.92 Å². The van der Waals surface area contributed by atoms with E-state index in [0.29, 0.717) is 22.1 Å². The quantitative estimate of drug-likeness (QED) is 0.528. The summed E-state index contributed by atoms with van der Waals surface area (Å²) >= 11 is 6.20. The molecule has 2 aromatic heterocycles. The number of nitrogens with zero attached hydrogens (tertiary/aromatic N) is 1. The van der Waals surface area contributed by atoms with Crippen molar-refractivity contribution in [2.24, 2.45) is 0 Å². The average molecular weight is 390 g/mol. The van der Waals surface area contributed by atoms with E-state index >= 15 is 0 Å². The molecule has 0 saturated carbocycles. The number of benzene rings is 2. The largest absolute Gasteiger partial charge is 0.321 e. The van der Waals surface area contributed by atoms with E-state index in [1.54, 1.807) is 18.2 Å². The summed E-state index contributed by atoms with van der Waals surface area (Å²) < 4.78 is 0. The summed E-state index contributed by atoms with van der Waals surface area (Å²) in [5.74, 6) is -0.165. The summed E-state index contributed by atoms with van der Waals surface area (Å²) in [4.78, 5) is 32.2. The topological polar surface area (TPSA) is 74.8 Å². The Labute approximate surface area is 166 Å². The first-order valence-electron chi connectivity index (χ1n) is 8.69. The molecule has 6 heteroatoms. The fourth-order valence-corrected chi connectivity index (χ4v) is 3.23. The van der Waals surface area contributed by atoms with Crippen LogP contribution in [0.25, 0.3) is 22.2 Å². The Hall–Kier alpha value is -3.44. The summed E-state index contributed by atoms with van der Waals surface area (Å²) in [6, 6.07) is 19.8. The molecule has 0 saturated heterocycles. The van der Waals surface area contributed by atoms with E-state index < -0.39 is 11.5 Å². The molecule has 2 aromatic carbocycles. The Morgan fingerprint density at radius 3 is 2.54 bits per heavy atom. The normalized spacial score (nSPS) is 10.8. The molecule has 0 radical (unpaired) electrons. The molecule has 1 amide bonds. The van der Waals surface area contributed by atoms with Gasteiger partial charge in [-0.15, -0.1) is 0 Å². The number of aromatic amines is 1. The highest BCUT2D eigenvalue weighted by Gasteiger charge is 2.13. The van der Waals surface area contributed by atoms with Gasteiger partial charge in [0.15, 0.2) is 0 Å². The van der Waals surface area contributed by atoms with Crippen molar-refractivity contribution < 1.29 is 4.79 Å². The van der Waals surface area contributed by atoms with Crippen LogP contribution in [0.15, 0.2) is 71.5 Å². The van der Waals surface area contributed by atoms with Gasteiger partial charge in [-0.2, -0.15) is 0 Å². The molecular weight excluding hydrogens is 374 g/mol. The van der Waals surface area contributed by atoms with Crippen molar-refractivity contribution in [1.29, 1.82) is 0 Å². The minimum Gasteiger partial charge on any atom is -0.321 e. The van der Waals surface area contributed by atoms with Crippen LogP contribution in [0.4, 0.5) is 5.82 Å². The maximum atomic E-state index is 12.6. The molecule has 0 unspecified atom stereocenters. The van der Waals surface area contributed by atoms with Crippen molar-refractivity contribution >= 4 is 34.2 Å². The van der Waals surface area contributed by atoms with Gasteiger partial charge in [-0.25, -0.2) is 4.98 Å². The van der Waals surface area contributed by atoms with Crippen LogP contribution in [0.1, 0.15) is 15.9 Å². The van der Waals surface area contributed by atoms with E-state index in [-0.39, 0.29) is 5.56 Å². The maximum Gasteiger partial charge on any atom is 0.262 e. The summed E-state index contributed by atoms with van der Waals surface area (Å²) in [5.41, 5.74) is 2.73. The number of nitrogens with one attached hydrogen (secondary N) is 2. The zero-order chi connectivity index (χ0) is 19.7. The lowest BCUT2D eigenvalue weighted by Crippen LogP contribution is -2.23. The summed E-state index contributed by atoms with van der Waals surface area (Å²) in [6.07, 6.45) is 0. The maximum absolute atomic E-state index is 12.6. The highest BCUT2D eigenvalue weighted by molar-refractivity contribution is 6.35. The summed E-state index contributed by atoms with van der Waals surface area (Å²) in [5, 5.41) is 4.09. The minimum atomic E-state index is -0.521. The lowest BCUT2D eigenvalue weighted by Gasteiger charge is -2.08. The zero-order valence-corrected chi connectivity index (χ0v) is 15.7. The lowest BCUT2D eigenvalue weighted by molar-refractivity contribution is 0.102.